The molecule has 0 amide bonds. The van der Waals surface area contributed by atoms with Crippen molar-refractivity contribution in [3.05, 3.63) is 40.4 Å². The monoisotopic (exact) mass is 275 g/mol. The van der Waals surface area contributed by atoms with Crippen molar-refractivity contribution in [2.75, 3.05) is 7.11 Å². The molecule has 0 aliphatic rings. The van der Waals surface area contributed by atoms with E-state index in [1.54, 1.807) is 0 Å². The predicted molar refractivity (Wildman–Crippen MR) is 73.6 cm³/mol. The van der Waals surface area contributed by atoms with E-state index in [0.29, 0.717) is 9.88 Å². The van der Waals surface area contributed by atoms with Crippen LogP contribution in [0.5, 0.6) is 0 Å². The lowest BCUT2D eigenvalue weighted by molar-refractivity contribution is 0.0591. The highest BCUT2D eigenvalue weighted by molar-refractivity contribution is 7.17. The normalized spacial score (nSPS) is 10.3. The van der Waals surface area contributed by atoms with Crippen LogP contribution < -0.4 is 0 Å². The molecule has 5 heteroatoms. The zero-order chi connectivity index (χ0) is 14.0. The standard InChI is InChI=1S/C14H13NO3S/c1-8-5-4-6-10(7-8)13-15-11(14(17)18-3)12(19-13)9(2)16/h4-7H,1-3H3. The van der Waals surface area contributed by atoms with E-state index in [1.165, 1.54) is 25.4 Å². The van der Waals surface area contributed by atoms with Gasteiger partial charge in [0.25, 0.3) is 0 Å². The van der Waals surface area contributed by atoms with Crippen molar-refractivity contribution in [1.82, 2.24) is 4.98 Å². The van der Waals surface area contributed by atoms with Crippen LogP contribution in [-0.4, -0.2) is 23.8 Å². The average Bonchev–Trinajstić information content (AvgIpc) is 2.83. The maximum atomic E-state index is 11.6. The first-order valence-corrected chi connectivity index (χ1v) is 6.51. The smallest absolute Gasteiger partial charge is 0.358 e. The summed E-state index contributed by atoms with van der Waals surface area (Å²) in [7, 11) is 1.28. The van der Waals surface area contributed by atoms with Gasteiger partial charge in [-0.25, -0.2) is 9.78 Å². The van der Waals surface area contributed by atoms with Crippen LogP contribution in [0.3, 0.4) is 0 Å². The summed E-state index contributed by atoms with van der Waals surface area (Å²) in [6.45, 7) is 3.39. The minimum atomic E-state index is -0.583. The molecule has 2 rings (SSSR count). The second-order valence-corrected chi connectivity index (χ2v) is 5.11. The molecule has 0 aliphatic carbocycles. The third-order valence-corrected chi connectivity index (χ3v) is 3.80. The minimum Gasteiger partial charge on any atom is -0.464 e. The molecule has 4 nitrogen and oxygen atoms in total. The molecule has 1 aromatic heterocycles. The summed E-state index contributed by atoms with van der Waals surface area (Å²) in [5.74, 6) is -0.767. The SMILES string of the molecule is COC(=O)c1nc(-c2cccc(C)c2)sc1C(C)=O. The number of ketones is 1. The summed E-state index contributed by atoms with van der Waals surface area (Å²) >= 11 is 1.21. The molecular weight excluding hydrogens is 262 g/mol. The Morgan fingerprint density at radius 3 is 2.63 bits per heavy atom. The number of thiazole rings is 1. The summed E-state index contributed by atoms with van der Waals surface area (Å²) in [6, 6.07) is 7.75. The zero-order valence-corrected chi connectivity index (χ0v) is 11.7. The van der Waals surface area contributed by atoms with Gasteiger partial charge in [0.2, 0.25) is 0 Å². The molecule has 1 aromatic carbocycles. The highest BCUT2D eigenvalue weighted by Crippen LogP contribution is 2.29. The number of methoxy groups -OCH3 is 1. The molecule has 1 heterocycles. The molecule has 0 radical (unpaired) electrons. The average molecular weight is 275 g/mol. The molecule has 19 heavy (non-hydrogen) atoms. The Bertz CT molecular complexity index is 646. The Morgan fingerprint density at radius 1 is 1.32 bits per heavy atom. The third kappa shape index (κ3) is 2.71. The van der Waals surface area contributed by atoms with Gasteiger partial charge in [-0.1, -0.05) is 23.8 Å². The lowest BCUT2D eigenvalue weighted by Crippen LogP contribution is -2.06. The highest BCUT2D eigenvalue weighted by Gasteiger charge is 2.22. The number of esters is 1. The van der Waals surface area contributed by atoms with Crippen molar-refractivity contribution in [3.63, 3.8) is 0 Å². The van der Waals surface area contributed by atoms with Crippen LogP contribution in [0.1, 0.15) is 32.6 Å². The molecule has 98 valence electrons. The van der Waals surface area contributed by atoms with Gasteiger partial charge in [0, 0.05) is 12.5 Å². The van der Waals surface area contributed by atoms with Crippen LogP contribution in [0.25, 0.3) is 10.6 Å². The fraction of sp³-hybridized carbons (Fsp3) is 0.214. The number of aromatic nitrogens is 1. The van der Waals surface area contributed by atoms with E-state index >= 15 is 0 Å². The Morgan fingerprint density at radius 2 is 2.05 bits per heavy atom. The lowest BCUT2D eigenvalue weighted by Gasteiger charge is -1.97. The summed E-state index contributed by atoms with van der Waals surface area (Å²) in [4.78, 5) is 27.8. The maximum absolute atomic E-state index is 11.6. The Hall–Kier alpha value is -2.01. The molecule has 0 unspecified atom stereocenters. The van der Waals surface area contributed by atoms with Crippen LogP contribution in [-0.2, 0) is 4.74 Å². The molecule has 0 saturated carbocycles. The maximum Gasteiger partial charge on any atom is 0.358 e. The first-order valence-electron chi connectivity index (χ1n) is 5.70. The first-order chi connectivity index (χ1) is 9.02. The number of carbonyl (C=O) groups is 2. The Kier molecular flexibility index (Phi) is 3.76. The van der Waals surface area contributed by atoms with Crippen LogP contribution >= 0.6 is 11.3 Å². The number of aryl methyl sites for hydroxylation is 1. The van der Waals surface area contributed by atoms with E-state index in [9.17, 15) is 9.59 Å². The van der Waals surface area contributed by atoms with E-state index in [-0.39, 0.29) is 11.5 Å². The fourth-order valence-corrected chi connectivity index (χ4v) is 2.64. The summed E-state index contributed by atoms with van der Waals surface area (Å²) in [5, 5.41) is 0.648. The van der Waals surface area contributed by atoms with E-state index in [0.717, 1.165) is 11.1 Å². The van der Waals surface area contributed by atoms with Crippen molar-refractivity contribution < 1.29 is 14.3 Å². The summed E-state index contributed by atoms with van der Waals surface area (Å²) in [6.07, 6.45) is 0. The van der Waals surface area contributed by atoms with Gasteiger partial charge in [-0.05, 0) is 13.0 Å². The second kappa shape index (κ2) is 5.32. The minimum absolute atomic E-state index is 0.0940. The Balaban J connectivity index is 2.54. The van der Waals surface area contributed by atoms with Gasteiger partial charge in [-0.15, -0.1) is 11.3 Å². The first kappa shape index (κ1) is 13.4. The summed E-state index contributed by atoms with van der Waals surface area (Å²) < 4.78 is 4.65. The predicted octanol–water partition coefficient (Wildman–Crippen LogP) is 3.11. The molecule has 0 bridgehead atoms. The van der Waals surface area contributed by atoms with Crippen molar-refractivity contribution in [3.8, 4) is 10.6 Å². The van der Waals surface area contributed by atoms with Crippen molar-refractivity contribution in [1.29, 1.82) is 0 Å². The van der Waals surface area contributed by atoms with Crippen LogP contribution in [0.2, 0.25) is 0 Å². The van der Waals surface area contributed by atoms with Gasteiger partial charge < -0.3 is 4.74 Å². The van der Waals surface area contributed by atoms with Crippen molar-refractivity contribution in [2.45, 2.75) is 13.8 Å². The molecule has 2 aromatic rings. The van der Waals surface area contributed by atoms with E-state index in [1.807, 2.05) is 31.2 Å². The Labute approximate surface area is 115 Å². The number of ether oxygens (including phenoxy) is 1. The number of carbonyl (C=O) groups excluding carboxylic acids is 2. The van der Waals surface area contributed by atoms with Gasteiger partial charge in [-0.3, -0.25) is 4.79 Å². The third-order valence-electron chi connectivity index (χ3n) is 2.59. The molecule has 0 spiro atoms. The van der Waals surface area contributed by atoms with Crippen LogP contribution in [0, 0.1) is 6.92 Å². The molecular formula is C14H13NO3S. The number of Topliss-reactive ketones (excluding diaryl/α,β-unsaturated/α-hetero) is 1. The van der Waals surface area contributed by atoms with Gasteiger partial charge in [0.1, 0.15) is 9.88 Å². The number of benzene rings is 1. The topological polar surface area (TPSA) is 56.3 Å². The second-order valence-electron chi connectivity index (χ2n) is 4.11. The van der Waals surface area contributed by atoms with Gasteiger partial charge in [0.05, 0.1) is 7.11 Å². The van der Waals surface area contributed by atoms with Crippen molar-refractivity contribution in [2.24, 2.45) is 0 Å². The highest BCUT2D eigenvalue weighted by atomic mass is 32.1. The number of hydrogen-bond donors (Lipinski definition) is 0. The zero-order valence-electron chi connectivity index (χ0n) is 10.9. The van der Waals surface area contributed by atoms with Gasteiger partial charge in [0.15, 0.2) is 11.5 Å². The lowest BCUT2D eigenvalue weighted by atomic mass is 10.1. The molecule has 0 N–H and O–H groups in total. The molecule has 0 saturated heterocycles. The van der Waals surface area contributed by atoms with Crippen molar-refractivity contribution >= 4 is 23.1 Å². The number of nitrogens with zero attached hydrogens (tertiary/aromatic N) is 1. The molecule has 0 atom stereocenters. The quantitative estimate of drug-likeness (QED) is 0.638. The molecule has 0 aliphatic heterocycles. The largest absolute Gasteiger partial charge is 0.464 e. The molecule has 0 fully saturated rings. The van der Waals surface area contributed by atoms with Crippen LogP contribution in [0.15, 0.2) is 24.3 Å². The number of hydrogen-bond acceptors (Lipinski definition) is 5. The number of rotatable bonds is 3. The van der Waals surface area contributed by atoms with E-state index in [2.05, 4.69) is 9.72 Å². The fourth-order valence-electron chi connectivity index (χ4n) is 1.70. The van der Waals surface area contributed by atoms with E-state index in [4.69, 9.17) is 0 Å². The van der Waals surface area contributed by atoms with Gasteiger partial charge >= 0.3 is 5.97 Å². The van der Waals surface area contributed by atoms with Crippen LogP contribution in [0.4, 0.5) is 0 Å². The summed E-state index contributed by atoms with van der Waals surface area (Å²) in [5.41, 5.74) is 2.08. The van der Waals surface area contributed by atoms with E-state index < -0.39 is 5.97 Å². The van der Waals surface area contributed by atoms with Gasteiger partial charge in [-0.2, -0.15) is 0 Å².